The van der Waals surface area contributed by atoms with Crippen molar-refractivity contribution in [1.82, 2.24) is 0 Å². The third-order valence-corrected chi connectivity index (χ3v) is 4.35. The summed E-state index contributed by atoms with van der Waals surface area (Å²) in [6, 6.07) is 3.89. The Morgan fingerprint density at radius 3 is 2.65 bits per heavy atom. The summed E-state index contributed by atoms with van der Waals surface area (Å²) in [6.07, 6.45) is 5.71. The second kappa shape index (κ2) is 4.93. The number of rotatable bonds is 2. The molecule has 1 saturated carbocycles. The predicted molar refractivity (Wildman–Crippen MR) is 72.2 cm³/mol. The maximum Gasteiger partial charge on any atom is 0.235 e. The molecule has 1 aromatic rings. The van der Waals surface area contributed by atoms with E-state index in [2.05, 4.69) is 20.9 Å². The van der Waals surface area contributed by atoms with Crippen LogP contribution in [0.2, 0.25) is 5.02 Å². The molecule has 0 radical (unpaired) electrons. The summed E-state index contributed by atoms with van der Waals surface area (Å²) in [5, 5.41) is 0.710. The van der Waals surface area contributed by atoms with Crippen LogP contribution in [0.3, 0.4) is 0 Å². The van der Waals surface area contributed by atoms with Crippen molar-refractivity contribution in [2.75, 3.05) is 0 Å². The summed E-state index contributed by atoms with van der Waals surface area (Å²) in [6.45, 7) is 1.98. The van der Waals surface area contributed by atoms with Crippen molar-refractivity contribution in [3.8, 4) is 0 Å². The lowest BCUT2D eigenvalue weighted by Crippen LogP contribution is -2.20. The van der Waals surface area contributed by atoms with Crippen LogP contribution in [0, 0.1) is 6.92 Å². The summed E-state index contributed by atoms with van der Waals surface area (Å²) in [5.41, 5.74) is 1.66. The largest absolute Gasteiger partial charge is 0.235 e. The Morgan fingerprint density at radius 2 is 2.06 bits per heavy atom. The minimum atomic E-state index is -0.404. The number of halogens is 2. The Hall–Kier alpha value is -0.630. The van der Waals surface area contributed by atoms with Gasteiger partial charge in [-0.15, -0.1) is 0 Å². The fourth-order valence-electron chi connectivity index (χ4n) is 2.62. The molecule has 1 fully saturated rings. The average molecular weight is 315 g/mol. The van der Waals surface area contributed by atoms with Gasteiger partial charge in [0.2, 0.25) is 6.08 Å². The zero-order chi connectivity index (χ0) is 12.5. The molecule has 0 aliphatic heterocycles. The SMILES string of the molecule is Cc1c(Cl)cc(Br)cc1C1(N=C=O)CCCC1. The first kappa shape index (κ1) is 12.8. The van der Waals surface area contributed by atoms with Crippen molar-refractivity contribution in [2.24, 2.45) is 4.99 Å². The molecule has 0 N–H and O–H groups in total. The third kappa shape index (κ3) is 2.33. The minimum absolute atomic E-state index is 0.404. The van der Waals surface area contributed by atoms with E-state index in [9.17, 15) is 4.79 Å². The van der Waals surface area contributed by atoms with Gasteiger partial charge in [0.25, 0.3) is 0 Å². The molecule has 0 saturated heterocycles. The number of hydrogen-bond donors (Lipinski definition) is 0. The topological polar surface area (TPSA) is 29.4 Å². The van der Waals surface area contributed by atoms with E-state index < -0.39 is 5.54 Å². The Morgan fingerprint density at radius 1 is 1.41 bits per heavy atom. The van der Waals surface area contributed by atoms with Crippen LogP contribution in [-0.4, -0.2) is 6.08 Å². The van der Waals surface area contributed by atoms with E-state index in [0.717, 1.165) is 41.3 Å². The van der Waals surface area contributed by atoms with E-state index in [1.54, 1.807) is 6.08 Å². The van der Waals surface area contributed by atoms with E-state index in [1.807, 2.05) is 19.1 Å². The van der Waals surface area contributed by atoms with E-state index in [0.29, 0.717) is 5.02 Å². The zero-order valence-corrected chi connectivity index (χ0v) is 11.9. The summed E-state index contributed by atoms with van der Waals surface area (Å²) < 4.78 is 0.926. The van der Waals surface area contributed by atoms with Crippen molar-refractivity contribution in [1.29, 1.82) is 0 Å². The molecule has 1 aromatic carbocycles. The average Bonchev–Trinajstić information content (AvgIpc) is 2.73. The summed E-state index contributed by atoms with van der Waals surface area (Å²) in [5.74, 6) is 0. The maximum absolute atomic E-state index is 10.7. The number of isocyanates is 1. The highest BCUT2D eigenvalue weighted by atomic mass is 79.9. The quantitative estimate of drug-likeness (QED) is 0.583. The predicted octanol–water partition coefficient (Wildman–Crippen LogP) is 4.52. The first-order valence-corrected chi connectivity index (χ1v) is 6.81. The molecule has 0 amide bonds. The second-order valence-electron chi connectivity index (χ2n) is 4.50. The van der Waals surface area contributed by atoms with Gasteiger partial charge in [0, 0.05) is 9.50 Å². The molecular formula is C13H13BrClNO. The number of aliphatic imine (C=N–C) groups is 1. The molecule has 1 aliphatic carbocycles. The van der Waals surface area contributed by atoms with E-state index >= 15 is 0 Å². The molecular weight excluding hydrogens is 302 g/mol. The Labute approximate surface area is 114 Å². The normalized spacial score (nSPS) is 17.8. The van der Waals surface area contributed by atoms with E-state index in [-0.39, 0.29) is 0 Å². The van der Waals surface area contributed by atoms with Crippen LogP contribution in [0.15, 0.2) is 21.6 Å². The van der Waals surface area contributed by atoms with Gasteiger partial charge in [-0.3, -0.25) is 0 Å². The number of nitrogens with zero attached hydrogens (tertiary/aromatic N) is 1. The first-order valence-electron chi connectivity index (χ1n) is 5.64. The first-order chi connectivity index (χ1) is 8.09. The number of hydrogen-bond acceptors (Lipinski definition) is 2. The van der Waals surface area contributed by atoms with Crippen molar-refractivity contribution in [3.05, 3.63) is 32.8 Å². The Kier molecular flexibility index (Phi) is 3.72. The number of benzene rings is 1. The van der Waals surface area contributed by atoms with Crippen LogP contribution < -0.4 is 0 Å². The summed E-state index contributed by atoms with van der Waals surface area (Å²) >= 11 is 9.63. The highest BCUT2D eigenvalue weighted by Gasteiger charge is 2.37. The van der Waals surface area contributed by atoms with Gasteiger partial charge in [-0.1, -0.05) is 40.4 Å². The van der Waals surface area contributed by atoms with Crippen LogP contribution in [0.1, 0.15) is 36.8 Å². The molecule has 90 valence electrons. The molecule has 0 spiro atoms. The molecule has 4 heteroatoms. The molecule has 0 bridgehead atoms. The maximum atomic E-state index is 10.7. The molecule has 17 heavy (non-hydrogen) atoms. The highest BCUT2D eigenvalue weighted by Crippen LogP contribution is 2.45. The highest BCUT2D eigenvalue weighted by molar-refractivity contribution is 9.10. The summed E-state index contributed by atoms with van der Waals surface area (Å²) in [7, 11) is 0. The van der Waals surface area contributed by atoms with E-state index in [4.69, 9.17) is 11.6 Å². The van der Waals surface area contributed by atoms with Gasteiger partial charge in [-0.05, 0) is 43.0 Å². The zero-order valence-electron chi connectivity index (χ0n) is 9.59. The van der Waals surface area contributed by atoms with Crippen LogP contribution in [0.25, 0.3) is 0 Å². The molecule has 0 atom stereocenters. The van der Waals surface area contributed by atoms with Gasteiger partial charge in [0.1, 0.15) is 0 Å². The van der Waals surface area contributed by atoms with Gasteiger partial charge in [-0.2, -0.15) is 4.99 Å². The fourth-order valence-corrected chi connectivity index (χ4v) is 3.43. The summed E-state index contributed by atoms with van der Waals surface area (Å²) in [4.78, 5) is 14.8. The molecule has 0 unspecified atom stereocenters. The van der Waals surface area contributed by atoms with Gasteiger partial charge in [-0.25, -0.2) is 4.79 Å². The van der Waals surface area contributed by atoms with Gasteiger partial charge in [0.05, 0.1) is 5.54 Å². The van der Waals surface area contributed by atoms with Crippen LogP contribution in [-0.2, 0) is 10.3 Å². The standard InChI is InChI=1S/C13H13BrClNO/c1-9-11(6-10(14)7-12(9)15)13(16-8-17)4-2-3-5-13/h6-7H,2-5H2,1H3. The van der Waals surface area contributed by atoms with Gasteiger partial charge >= 0.3 is 0 Å². The van der Waals surface area contributed by atoms with Crippen molar-refractivity contribution in [2.45, 2.75) is 38.1 Å². The van der Waals surface area contributed by atoms with Crippen LogP contribution in [0.5, 0.6) is 0 Å². The Balaban J connectivity index is 2.61. The van der Waals surface area contributed by atoms with Crippen LogP contribution in [0.4, 0.5) is 0 Å². The second-order valence-corrected chi connectivity index (χ2v) is 5.82. The molecule has 1 aliphatic rings. The van der Waals surface area contributed by atoms with Crippen molar-refractivity contribution < 1.29 is 4.79 Å². The van der Waals surface area contributed by atoms with Crippen LogP contribution >= 0.6 is 27.5 Å². The fraction of sp³-hybridized carbons (Fsp3) is 0.462. The van der Waals surface area contributed by atoms with Crippen molar-refractivity contribution >= 4 is 33.6 Å². The van der Waals surface area contributed by atoms with Gasteiger partial charge in [0.15, 0.2) is 0 Å². The smallest absolute Gasteiger partial charge is 0.211 e. The molecule has 2 nitrogen and oxygen atoms in total. The lowest BCUT2D eigenvalue weighted by molar-refractivity contribution is 0.453. The Bertz CT molecular complexity index is 488. The monoisotopic (exact) mass is 313 g/mol. The molecule has 0 aromatic heterocycles. The minimum Gasteiger partial charge on any atom is -0.211 e. The third-order valence-electron chi connectivity index (χ3n) is 3.50. The number of carbonyl (C=O) groups excluding carboxylic acids is 1. The molecule has 0 heterocycles. The molecule has 2 rings (SSSR count). The van der Waals surface area contributed by atoms with Gasteiger partial charge < -0.3 is 0 Å². The lowest BCUT2D eigenvalue weighted by Gasteiger charge is -2.25. The van der Waals surface area contributed by atoms with Crippen molar-refractivity contribution in [3.63, 3.8) is 0 Å². The van der Waals surface area contributed by atoms with E-state index in [1.165, 1.54) is 0 Å². The lowest BCUT2D eigenvalue weighted by atomic mass is 9.86.